The third kappa shape index (κ3) is 2.99. The lowest BCUT2D eigenvalue weighted by atomic mass is 10.2. The number of thiazole rings is 1. The number of aromatic nitrogens is 2. The first kappa shape index (κ1) is 14.3. The number of carbonyl (C=O) groups is 2. The minimum absolute atomic E-state index is 0.177. The molecule has 0 aliphatic heterocycles. The Labute approximate surface area is 130 Å². The summed E-state index contributed by atoms with van der Waals surface area (Å²) in [6.07, 6.45) is 3.90. The van der Waals surface area contributed by atoms with Gasteiger partial charge in [-0.05, 0) is 18.2 Å². The zero-order chi connectivity index (χ0) is 15.5. The second kappa shape index (κ2) is 5.98. The number of imidazole rings is 1. The van der Waals surface area contributed by atoms with Crippen LogP contribution in [0.5, 0.6) is 0 Å². The molecule has 0 bridgehead atoms. The van der Waals surface area contributed by atoms with Crippen LogP contribution in [0.1, 0.15) is 16.1 Å². The van der Waals surface area contributed by atoms with Crippen LogP contribution < -0.4 is 5.32 Å². The van der Waals surface area contributed by atoms with E-state index in [1.54, 1.807) is 24.3 Å². The summed E-state index contributed by atoms with van der Waals surface area (Å²) >= 11 is 1.52. The molecule has 0 fully saturated rings. The standard InChI is InChI=1S/C15H13N3O3S/c1-21-14(20)10-3-2-4-11(7-10)16-13(19)8-12-9-18-5-6-22-15(18)17-12/h2-7,9H,8H2,1H3,(H,16,19). The summed E-state index contributed by atoms with van der Waals surface area (Å²) in [6, 6.07) is 6.62. The first-order valence-corrected chi connectivity index (χ1v) is 7.43. The zero-order valence-corrected chi connectivity index (χ0v) is 12.6. The molecule has 7 heteroatoms. The number of rotatable bonds is 4. The number of amides is 1. The second-order valence-electron chi connectivity index (χ2n) is 4.62. The van der Waals surface area contributed by atoms with Gasteiger partial charge in [-0.25, -0.2) is 9.78 Å². The van der Waals surface area contributed by atoms with E-state index in [9.17, 15) is 9.59 Å². The lowest BCUT2D eigenvalue weighted by Gasteiger charge is -2.05. The minimum atomic E-state index is -0.439. The van der Waals surface area contributed by atoms with Crippen molar-refractivity contribution in [1.82, 2.24) is 9.38 Å². The van der Waals surface area contributed by atoms with E-state index < -0.39 is 5.97 Å². The fourth-order valence-corrected chi connectivity index (χ4v) is 2.79. The van der Waals surface area contributed by atoms with E-state index in [0.29, 0.717) is 16.9 Å². The van der Waals surface area contributed by atoms with Crippen LogP contribution in [0.3, 0.4) is 0 Å². The van der Waals surface area contributed by atoms with Gasteiger partial charge in [-0.3, -0.25) is 9.20 Å². The fourth-order valence-electron chi connectivity index (χ4n) is 2.07. The zero-order valence-electron chi connectivity index (χ0n) is 11.8. The summed E-state index contributed by atoms with van der Waals surface area (Å²) < 4.78 is 6.53. The van der Waals surface area contributed by atoms with E-state index in [1.165, 1.54) is 18.4 Å². The number of anilines is 1. The lowest BCUT2D eigenvalue weighted by Crippen LogP contribution is -2.15. The van der Waals surface area contributed by atoms with Gasteiger partial charge in [0.1, 0.15) is 0 Å². The first-order chi connectivity index (χ1) is 10.7. The van der Waals surface area contributed by atoms with E-state index in [1.807, 2.05) is 22.2 Å². The summed E-state index contributed by atoms with van der Waals surface area (Å²) in [6.45, 7) is 0. The van der Waals surface area contributed by atoms with Crippen molar-refractivity contribution < 1.29 is 14.3 Å². The summed E-state index contributed by atoms with van der Waals surface area (Å²) in [4.78, 5) is 28.7. The van der Waals surface area contributed by atoms with Crippen molar-refractivity contribution in [1.29, 1.82) is 0 Å². The van der Waals surface area contributed by atoms with Gasteiger partial charge in [0.2, 0.25) is 5.91 Å². The molecule has 0 saturated heterocycles. The SMILES string of the molecule is COC(=O)c1cccc(NC(=O)Cc2cn3ccsc3n2)c1. The number of fused-ring (bicyclic) bond motifs is 1. The van der Waals surface area contributed by atoms with Crippen LogP contribution >= 0.6 is 11.3 Å². The second-order valence-corrected chi connectivity index (χ2v) is 5.50. The van der Waals surface area contributed by atoms with Crippen LogP contribution in [0.2, 0.25) is 0 Å². The number of hydrogen-bond donors (Lipinski definition) is 1. The molecule has 0 atom stereocenters. The average Bonchev–Trinajstić information content (AvgIpc) is 3.07. The van der Waals surface area contributed by atoms with E-state index >= 15 is 0 Å². The molecule has 22 heavy (non-hydrogen) atoms. The van der Waals surface area contributed by atoms with Gasteiger partial charge in [0.25, 0.3) is 0 Å². The lowest BCUT2D eigenvalue weighted by molar-refractivity contribution is -0.115. The molecule has 0 saturated carbocycles. The van der Waals surface area contributed by atoms with Gasteiger partial charge < -0.3 is 10.1 Å². The Hall–Kier alpha value is -2.67. The first-order valence-electron chi connectivity index (χ1n) is 6.55. The molecular weight excluding hydrogens is 302 g/mol. The van der Waals surface area contributed by atoms with Crippen molar-refractivity contribution >= 4 is 33.9 Å². The molecule has 2 heterocycles. The molecule has 1 aromatic carbocycles. The van der Waals surface area contributed by atoms with E-state index in [-0.39, 0.29) is 12.3 Å². The molecule has 1 N–H and O–H groups in total. The molecule has 0 radical (unpaired) electrons. The summed E-state index contributed by atoms with van der Waals surface area (Å²) in [7, 11) is 1.32. The third-order valence-corrected chi connectivity index (χ3v) is 3.82. The molecule has 0 aliphatic carbocycles. The molecule has 3 aromatic rings. The van der Waals surface area contributed by atoms with Crippen LogP contribution in [0.25, 0.3) is 4.96 Å². The summed E-state index contributed by atoms with van der Waals surface area (Å²) in [5, 5.41) is 4.69. The molecule has 3 rings (SSSR count). The number of nitrogens with one attached hydrogen (secondary N) is 1. The Balaban J connectivity index is 1.68. The predicted molar refractivity (Wildman–Crippen MR) is 83.2 cm³/mol. The van der Waals surface area contributed by atoms with Gasteiger partial charge in [-0.2, -0.15) is 0 Å². The Morgan fingerprint density at radius 3 is 3.05 bits per heavy atom. The van der Waals surface area contributed by atoms with Crippen molar-refractivity contribution in [2.24, 2.45) is 0 Å². The van der Waals surface area contributed by atoms with E-state index in [0.717, 1.165) is 4.96 Å². The molecule has 6 nitrogen and oxygen atoms in total. The van der Waals surface area contributed by atoms with E-state index in [4.69, 9.17) is 0 Å². The molecule has 0 aliphatic rings. The topological polar surface area (TPSA) is 72.7 Å². The van der Waals surface area contributed by atoms with Crippen LogP contribution in [0, 0.1) is 0 Å². The smallest absolute Gasteiger partial charge is 0.337 e. The molecule has 1 amide bonds. The summed E-state index contributed by atoms with van der Waals surface area (Å²) in [5.74, 6) is -0.627. The molecule has 2 aromatic heterocycles. The number of esters is 1. The van der Waals surface area contributed by atoms with Crippen molar-refractivity contribution in [2.45, 2.75) is 6.42 Å². The van der Waals surface area contributed by atoms with Crippen LogP contribution in [-0.2, 0) is 16.0 Å². The number of hydrogen-bond acceptors (Lipinski definition) is 5. The quantitative estimate of drug-likeness (QED) is 0.750. The van der Waals surface area contributed by atoms with Crippen LogP contribution in [0.4, 0.5) is 5.69 Å². The van der Waals surface area contributed by atoms with Crippen LogP contribution in [-0.4, -0.2) is 28.4 Å². The number of benzene rings is 1. The van der Waals surface area contributed by atoms with E-state index in [2.05, 4.69) is 15.0 Å². The number of carbonyl (C=O) groups excluding carboxylic acids is 2. The highest BCUT2D eigenvalue weighted by Crippen LogP contribution is 2.14. The largest absolute Gasteiger partial charge is 0.465 e. The van der Waals surface area contributed by atoms with Gasteiger partial charge in [0.15, 0.2) is 4.96 Å². The Morgan fingerprint density at radius 2 is 2.27 bits per heavy atom. The Morgan fingerprint density at radius 1 is 1.41 bits per heavy atom. The van der Waals surface area contributed by atoms with Gasteiger partial charge in [-0.1, -0.05) is 6.07 Å². The highest BCUT2D eigenvalue weighted by molar-refractivity contribution is 7.15. The monoisotopic (exact) mass is 315 g/mol. The Kier molecular flexibility index (Phi) is 3.88. The van der Waals surface area contributed by atoms with Crippen molar-refractivity contribution in [3.05, 3.63) is 53.3 Å². The molecule has 0 unspecified atom stereocenters. The van der Waals surface area contributed by atoms with Crippen molar-refractivity contribution in [3.63, 3.8) is 0 Å². The molecule has 0 spiro atoms. The van der Waals surface area contributed by atoms with Crippen LogP contribution in [0.15, 0.2) is 42.0 Å². The van der Waals surface area contributed by atoms with Gasteiger partial charge >= 0.3 is 5.97 Å². The van der Waals surface area contributed by atoms with Crippen molar-refractivity contribution in [3.8, 4) is 0 Å². The van der Waals surface area contributed by atoms with Crippen molar-refractivity contribution in [2.75, 3.05) is 12.4 Å². The molecular formula is C15H13N3O3S. The van der Waals surface area contributed by atoms with Gasteiger partial charge in [0, 0.05) is 23.5 Å². The normalized spacial score (nSPS) is 10.6. The average molecular weight is 315 g/mol. The number of methoxy groups -OCH3 is 1. The fraction of sp³-hybridized carbons (Fsp3) is 0.133. The highest BCUT2D eigenvalue weighted by atomic mass is 32.1. The maximum atomic E-state index is 12.1. The predicted octanol–water partition coefficient (Wildman–Crippen LogP) is 2.36. The maximum Gasteiger partial charge on any atom is 0.337 e. The summed E-state index contributed by atoms with van der Waals surface area (Å²) in [5.41, 5.74) is 1.64. The third-order valence-electron chi connectivity index (χ3n) is 3.05. The highest BCUT2D eigenvalue weighted by Gasteiger charge is 2.10. The minimum Gasteiger partial charge on any atom is -0.465 e. The van der Waals surface area contributed by atoms with Gasteiger partial charge in [-0.15, -0.1) is 11.3 Å². The Bertz CT molecular complexity index is 809. The molecule has 112 valence electrons. The number of ether oxygens (including phenoxy) is 1. The van der Waals surface area contributed by atoms with Gasteiger partial charge in [0.05, 0.1) is 24.8 Å². The number of nitrogens with zero attached hydrogens (tertiary/aromatic N) is 2. The maximum absolute atomic E-state index is 12.1.